The molecule has 1 fully saturated rings. The summed E-state index contributed by atoms with van der Waals surface area (Å²) in [7, 11) is 2.02. The number of likely N-dealkylation sites (tertiary alicyclic amines) is 1. The number of halogens is 1. The summed E-state index contributed by atoms with van der Waals surface area (Å²) in [5, 5.41) is 12.9. The second kappa shape index (κ2) is 6.25. The zero-order valence-corrected chi connectivity index (χ0v) is 12.3. The first kappa shape index (κ1) is 14.8. The molecule has 1 saturated heterocycles. The molecule has 1 aromatic carbocycles. The Morgan fingerprint density at radius 2 is 2.20 bits per heavy atom. The lowest BCUT2D eigenvalue weighted by molar-refractivity contribution is -0.122. The van der Waals surface area contributed by atoms with Crippen molar-refractivity contribution in [1.82, 2.24) is 10.2 Å². The molecule has 5 heteroatoms. The van der Waals surface area contributed by atoms with Crippen molar-refractivity contribution in [2.75, 3.05) is 20.1 Å². The Bertz CT molecular complexity index is 530. The lowest BCUT2D eigenvalue weighted by atomic mass is 9.89. The predicted molar refractivity (Wildman–Crippen MR) is 78.4 cm³/mol. The number of nitrogens with zero attached hydrogens (tertiary/aromatic N) is 2. The van der Waals surface area contributed by atoms with Crippen LogP contribution in [0.25, 0.3) is 0 Å². The van der Waals surface area contributed by atoms with Gasteiger partial charge in [0.15, 0.2) is 0 Å². The second-order valence-corrected chi connectivity index (χ2v) is 5.79. The standard InChI is InChI=1S/C15H18ClN3O/c1-19-7-5-15(11-17,6-8-19)18-14(20)10-12-3-2-4-13(16)9-12/h2-4,9H,5-8,10H2,1H3,(H,18,20). The van der Waals surface area contributed by atoms with E-state index in [4.69, 9.17) is 11.6 Å². The molecule has 1 heterocycles. The highest BCUT2D eigenvalue weighted by Crippen LogP contribution is 2.21. The van der Waals surface area contributed by atoms with Crippen LogP contribution in [-0.4, -0.2) is 36.5 Å². The van der Waals surface area contributed by atoms with E-state index < -0.39 is 5.54 Å². The fourth-order valence-electron chi connectivity index (χ4n) is 2.41. The van der Waals surface area contributed by atoms with Gasteiger partial charge < -0.3 is 10.2 Å². The van der Waals surface area contributed by atoms with Gasteiger partial charge in [-0.15, -0.1) is 0 Å². The van der Waals surface area contributed by atoms with E-state index in [1.54, 1.807) is 12.1 Å². The summed E-state index contributed by atoms with van der Waals surface area (Å²) in [6.45, 7) is 1.65. The van der Waals surface area contributed by atoms with Crippen LogP contribution in [0, 0.1) is 11.3 Å². The van der Waals surface area contributed by atoms with E-state index in [1.807, 2.05) is 19.2 Å². The zero-order valence-electron chi connectivity index (χ0n) is 11.5. The second-order valence-electron chi connectivity index (χ2n) is 5.35. The summed E-state index contributed by atoms with van der Waals surface area (Å²) in [5.41, 5.74) is 0.137. The maximum Gasteiger partial charge on any atom is 0.225 e. The maximum atomic E-state index is 12.1. The summed E-state index contributed by atoms with van der Waals surface area (Å²) in [6, 6.07) is 9.51. The monoisotopic (exact) mass is 291 g/mol. The van der Waals surface area contributed by atoms with E-state index in [1.165, 1.54) is 0 Å². The van der Waals surface area contributed by atoms with Gasteiger partial charge in [-0.1, -0.05) is 23.7 Å². The van der Waals surface area contributed by atoms with Gasteiger partial charge in [0.25, 0.3) is 0 Å². The molecule has 0 spiro atoms. The van der Waals surface area contributed by atoms with Crippen molar-refractivity contribution >= 4 is 17.5 Å². The van der Waals surface area contributed by atoms with Gasteiger partial charge >= 0.3 is 0 Å². The zero-order chi connectivity index (χ0) is 14.6. The third-order valence-electron chi connectivity index (χ3n) is 3.69. The van der Waals surface area contributed by atoms with Crippen LogP contribution < -0.4 is 5.32 Å². The lowest BCUT2D eigenvalue weighted by Crippen LogP contribution is -2.54. The molecular formula is C15H18ClN3O. The minimum atomic E-state index is -0.720. The first-order valence-electron chi connectivity index (χ1n) is 6.68. The molecule has 1 aliphatic heterocycles. The summed E-state index contributed by atoms with van der Waals surface area (Å²) in [5.74, 6) is -0.127. The molecule has 1 amide bonds. The molecule has 0 radical (unpaired) electrons. The molecule has 0 unspecified atom stereocenters. The molecule has 1 aliphatic rings. The normalized spacial score (nSPS) is 18.2. The van der Waals surface area contributed by atoms with Crippen LogP contribution in [0.5, 0.6) is 0 Å². The molecule has 1 aromatic rings. The highest BCUT2D eigenvalue weighted by molar-refractivity contribution is 6.30. The molecule has 0 aromatic heterocycles. The van der Waals surface area contributed by atoms with Gasteiger partial charge in [-0.2, -0.15) is 5.26 Å². The Labute approximate surface area is 124 Å². The van der Waals surface area contributed by atoms with E-state index in [9.17, 15) is 10.1 Å². The number of nitriles is 1. The third kappa shape index (κ3) is 3.72. The van der Waals surface area contributed by atoms with Crippen molar-refractivity contribution in [3.63, 3.8) is 0 Å². The van der Waals surface area contributed by atoms with E-state index in [0.29, 0.717) is 17.9 Å². The van der Waals surface area contributed by atoms with E-state index in [-0.39, 0.29) is 12.3 Å². The van der Waals surface area contributed by atoms with Crippen LogP contribution >= 0.6 is 11.6 Å². The summed E-state index contributed by atoms with van der Waals surface area (Å²) < 4.78 is 0. The topological polar surface area (TPSA) is 56.1 Å². The number of benzene rings is 1. The van der Waals surface area contributed by atoms with Crippen molar-refractivity contribution in [3.05, 3.63) is 34.9 Å². The van der Waals surface area contributed by atoms with E-state index in [2.05, 4.69) is 16.3 Å². The van der Waals surface area contributed by atoms with Crippen LogP contribution in [-0.2, 0) is 11.2 Å². The number of carbonyl (C=O) groups excluding carboxylic acids is 1. The van der Waals surface area contributed by atoms with Gasteiger partial charge in [-0.05, 0) is 37.6 Å². The number of carbonyl (C=O) groups is 1. The molecule has 106 valence electrons. The van der Waals surface area contributed by atoms with Crippen molar-refractivity contribution in [2.45, 2.75) is 24.8 Å². The first-order valence-corrected chi connectivity index (χ1v) is 7.06. The SMILES string of the molecule is CN1CCC(C#N)(NC(=O)Cc2cccc(Cl)c2)CC1. The fraction of sp³-hybridized carbons (Fsp3) is 0.467. The number of hydrogen-bond acceptors (Lipinski definition) is 3. The quantitative estimate of drug-likeness (QED) is 0.926. The maximum absolute atomic E-state index is 12.1. The predicted octanol–water partition coefficient (Wildman–Crippen LogP) is 1.99. The highest BCUT2D eigenvalue weighted by Gasteiger charge is 2.35. The van der Waals surface area contributed by atoms with Crippen molar-refractivity contribution in [3.8, 4) is 6.07 Å². The lowest BCUT2D eigenvalue weighted by Gasteiger charge is -2.36. The minimum absolute atomic E-state index is 0.127. The Balaban J connectivity index is 1.98. The van der Waals surface area contributed by atoms with Gasteiger partial charge in [-0.3, -0.25) is 4.79 Å². The average molecular weight is 292 g/mol. The van der Waals surface area contributed by atoms with Gasteiger partial charge in [0.2, 0.25) is 5.91 Å². The van der Waals surface area contributed by atoms with Gasteiger partial charge in [0, 0.05) is 18.1 Å². The number of nitrogens with one attached hydrogen (secondary N) is 1. The molecule has 0 atom stereocenters. The first-order chi connectivity index (χ1) is 9.53. The van der Waals surface area contributed by atoms with Gasteiger partial charge in [0.1, 0.15) is 5.54 Å². The van der Waals surface area contributed by atoms with Crippen LogP contribution in [0.2, 0.25) is 5.02 Å². The van der Waals surface area contributed by atoms with E-state index >= 15 is 0 Å². The number of piperidine rings is 1. The van der Waals surface area contributed by atoms with Crippen molar-refractivity contribution < 1.29 is 4.79 Å². The van der Waals surface area contributed by atoms with Gasteiger partial charge in [0.05, 0.1) is 12.5 Å². The molecule has 4 nitrogen and oxygen atoms in total. The Morgan fingerprint density at radius 1 is 1.50 bits per heavy atom. The largest absolute Gasteiger partial charge is 0.337 e. The minimum Gasteiger partial charge on any atom is -0.337 e. The number of hydrogen-bond donors (Lipinski definition) is 1. The smallest absolute Gasteiger partial charge is 0.225 e. The number of rotatable bonds is 3. The van der Waals surface area contributed by atoms with Crippen LogP contribution in [0.3, 0.4) is 0 Å². The molecule has 20 heavy (non-hydrogen) atoms. The molecular weight excluding hydrogens is 274 g/mol. The fourth-order valence-corrected chi connectivity index (χ4v) is 2.62. The average Bonchev–Trinajstić information content (AvgIpc) is 2.41. The molecule has 2 rings (SSSR count). The molecule has 0 saturated carbocycles. The summed E-state index contributed by atoms with van der Waals surface area (Å²) in [6.07, 6.45) is 1.59. The summed E-state index contributed by atoms with van der Waals surface area (Å²) >= 11 is 5.90. The Morgan fingerprint density at radius 3 is 2.80 bits per heavy atom. The van der Waals surface area contributed by atoms with E-state index in [0.717, 1.165) is 18.7 Å². The van der Waals surface area contributed by atoms with Crippen LogP contribution in [0.4, 0.5) is 0 Å². The Kier molecular flexibility index (Phi) is 4.64. The van der Waals surface area contributed by atoms with Crippen LogP contribution in [0.1, 0.15) is 18.4 Å². The van der Waals surface area contributed by atoms with Crippen molar-refractivity contribution in [2.24, 2.45) is 0 Å². The molecule has 0 aliphatic carbocycles. The summed E-state index contributed by atoms with van der Waals surface area (Å²) in [4.78, 5) is 14.3. The van der Waals surface area contributed by atoms with Crippen molar-refractivity contribution in [1.29, 1.82) is 5.26 Å². The van der Waals surface area contributed by atoms with Gasteiger partial charge in [-0.25, -0.2) is 0 Å². The highest BCUT2D eigenvalue weighted by atomic mass is 35.5. The number of amides is 1. The Hall–Kier alpha value is -1.57. The van der Waals surface area contributed by atoms with Crippen LogP contribution in [0.15, 0.2) is 24.3 Å². The molecule has 1 N–H and O–H groups in total. The molecule has 0 bridgehead atoms. The third-order valence-corrected chi connectivity index (χ3v) is 3.92.